The molecule has 35 heavy (non-hydrogen) atoms. The first-order valence-corrected chi connectivity index (χ1v) is 12.6. The standard InChI is InChI=1S/C29H26N2O3S/c1-3-4-17-31-24(22-16-10-14-19-11-8-9-15-21(19)22)23(26(33)29(31)34)25(32)27-18(2)30-28(35-27)20-12-6-5-7-13-20/h5-16,24,33H,3-4,17H2,1-2H3. The molecule has 1 aromatic heterocycles. The Labute approximate surface area is 208 Å². The number of fused-ring (bicyclic) bond motifs is 1. The Hall–Kier alpha value is -3.77. The monoisotopic (exact) mass is 482 g/mol. The van der Waals surface area contributed by atoms with Gasteiger partial charge in [0.15, 0.2) is 5.76 Å². The van der Waals surface area contributed by atoms with Crippen LogP contribution in [0.3, 0.4) is 0 Å². The summed E-state index contributed by atoms with van der Waals surface area (Å²) in [6, 6.07) is 22.8. The Morgan fingerprint density at radius 2 is 1.74 bits per heavy atom. The van der Waals surface area contributed by atoms with Crippen LogP contribution in [-0.2, 0) is 4.79 Å². The summed E-state index contributed by atoms with van der Waals surface area (Å²) in [5.74, 6) is -1.30. The van der Waals surface area contributed by atoms with Crippen LogP contribution in [0.15, 0.2) is 84.1 Å². The quantitative estimate of drug-likeness (QED) is 0.299. The molecule has 176 valence electrons. The van der Waals surface area contributed by atoms with Crippen LogP contribution in [0.4, 0.5) is 0 Å². The van der Waals surface area contributed by atoms with Crippen molar-refractivity contribution in [3.63, 3.8) is 0 Å². The molecule has 0 saturated heterocycles. The number of rotatable bonds is 7. The highest BCUT2D eigenvalue weighted by atomic mass is 32.1. The summed E-state index contributed by atoms with van der Waals surface area (Å²) < 4.78 is 0. The lowest BCUT2D eigenvalue weighted by atomic mass is 9.91. The number of carbonyl (C=O) groups is 2. The predicted molar refractivity (Wildman–Crippen MR) is 140 cm³/mol. The van der Waals surface area contributed by atoms with Gasteiger partial charge in [-0.3, -0.25) is 9.59 Å². The number of Topliss-reactive ketones (excluding diaryl/α,β-unsaturated/α-hetero) is 1. The van der Waals surface area contributed by atoms with E-state index in [2.05, 4.69) is 11.9 Å². The molecule has 4 aromatic rings. The third-order valence-corrected chi connectivity index (χ3v) is 7.65. The summed E-state index contributed by atoms with van der Waals surface area (Å²) in [6.45, 7) is 4.31. The summed E-state index contributed by atoms with van der Waals surface area (Å²) in [4.78, 5) is 33.9. The molecule has 1 atom stereocenters. The fourth-order valence-electron chi connectivity index (χ4n) is 4.69. The number of unbranched alkanes of at least 4 members (excludes halogenated alkanes) is 1. The summed E-state index contributed by atoms with van der Waals surface area (Å²) in [7, 11) is 0. The normalized spacial score (nSPS) is 15.9. The molecule has 0 bridgehead atoms. The van der Waals surface area contributed by atoms with Crippen molar-refractivity contribution in [2.75, 3.05) is 6.54 Å². The van der Waals surface area contributed by atoms with Crippen LogP contribution in [0.2, 0.25) is 0 Å². The molecule has 6 heteroatoms. The van der Waals surface area contributed by atoms with Crippen molar-refractivity contribution in [1.82, 2.24) is 9.88 Å². The van der Waals surface area contributed by atoms with Gasteiger partial charge in [-0.25, -0.2) is 4.98 Å². The van der Waals surface area contributed by atoms with Gasteiger partial charge in [-0.2, -0.15) is 0 Å². The lowest BCUT2D eigenvalue weighted by Crippen LogP contribution is -2.32. The Kier molecular flexibility index (Phi) is 6.22. The van der Waals surface area contributed by atoms with E-state index >= 15 is 0 Å². The van der Waals surface area contributed by atoms with Crippen LogP contribution in [0.5, 0.6) is 0 Å². The number of hydrogen-bond donors (Lipinski definition) is 1. The number of aromatic nitrogens is 1. The minimum atomic E-state index is -0.658. The number of amides is 1. The Morgan fingerprint density at radius 3 is 2.51 bits per heavy atom. The van der Waals surface area contributed by atoms with Crippen molar-refractivity contribution in [2.24, 2.45) is 0 Å². The third kappa shape index (κ3) is 4.04. The summed E-state index contributed by atoms with van der Waals surface area (Å²) in [5.41, 5.74) is 2.49. The van der Waals surface area contributed by atoms with E-state index in [1.807, 2.05) is 72.8 Å². The second kappa shape index (κ2) is 9.47. The van der Waals surface area contributed by atoms with Crippen LogP contribution in [0.25, 0.3) is 21.3 Å². The van der Waals surface area contributed by atoms with Crippen LogP contribution < -0.4 is 0 Å². The first kappa shape index (κ1) is 23.0. The highest BCUT2D eigenvalue weighted by Gasteiger charge is 2.44. The van der Waals surface area contributed by atoms with Gasteiger partial charge < -0.3 is 10.0 Å². The topological polar surface area (TPSA) is 70.5 Å². The van der Waals surface area contributed by atoms with Crippen molar-refractivity contribution >= 4 is 33.8 Å². The van der Waals surface area contributed by atoms with Crippen LogP contribution >= 0.6 is 11.3 Å². The molecule has 5 nitrogen and oxygen atoms in total. The maximum atomic E-state index is 14.0. The SMILES string of the molecule is CCCCN1C(=O)C(O)=C(C(=O)c2sc(-c3ccccc3)nc2C)C1c1cccc2ccccc12. The molecule has 3 aromatic carbocycles. The van der Waals surface area contributed by atoms with Crippen molar-refractivity contribution in [3.05, 3.63) is 100 Å². The van der Waals surface area contributed by atoms with E-state index in [0.717, 1.165) is 39.7 Å². The zero-order valence-electron chi connectivity index (χ0n) is 19.7. The molecule has 0 aliphatic carbocycles. The van der Waals surface area contributed by atoms with Gasteiger partial charge in [0.1, 0.15) is 5.01 Å². The molecule has 0 spiro atoms. The second-order valence-electron chi connectivity index (χ2n) is 8.71. The van der Waals surface area contributed by atoms with Crippen molar-refractivity contribution < 1.29 is 14.7 Å². The van der Waals surface area contributed by atoms with Crippen molar-refractivity contribution in [1.29, 1.82) is 0 Å². The van der Waals surface area contributed by atoms with E-state index in [0.29, 0.717) is 17.1 Å². The third-order valence-electron chi connectivity index (χ3n) is 6.44. The molecule has 1 N–H and O–H groups in total. The van der Waals surface area contributed by atoms with Gasteiger partial charge in [-0.05, 0) is 29.7 Å². The Balaban J connectivity index is 1.64. The van der Waals surface area contributed by atoms with E-state index in [1.54, 1.807) is 11.8 Å². The predicted octanol–water partition coefficient (Wildman–Crippen LogP) is 6.65. The molecule has 0 saturated carbocycles. The van der Waals surface area contributed by atoms with E-state index in [1.165, 1.54) is 11.3 Å². The minimum absolute atomic E-state index is 0.133. The number of carbonyl (C=O) groups excluding carboxylic acids is 2. The molecule has 1 unspecified atom stereocenters. The number of ketones is 1. The summed E-state index contributed by atoms with van der Waals surface area (Å²) >= 11 is 1.30. The maximum Gasteiger partial charge on any atom is 0.290 e. The summed E-state index contributed by atoms with van der Waals surface area (Å²) in [5, 5.41) is 13.7. The van der Waals surface area contributed by atoms with E-state index in [9.17, 15) is 14.7 Å². The molecule has 0 radical (unpaired) electrons. The first-order chi connectivity index (χ1) is 17.0. The van der Waals surface area contributed by atoms with Crippen LogP contribution in [0.1, 0.15) is 46.7 Å². The molecule has 1 amide bonds. The zero-order valence-corrected chi connectivity index (χ0v) is 20.5. The maximum absolute atomic E-state index is 14.0. The van der Waals surface area contributed by atoms with E-state index in [-0.39, 0.29) is 11.4 Å². The number of aliphatic hydroxyl groups is 1. The number of nitrogens with zero attached hydrogens (tertiary/aromatic N) is 2. The van der Waals surface area contributed by atoms with Gasteiger partial charge >= 0.3 is 0 Å². The van der Waals surface area contributed by atoms with Crippen molar-refractivity contribution in [2.45, 2.75) is 32.7 Å². The average Bonchev–Trinajstić information content (AvgIpc) is 3.40. The largest absolute Gasteiger partial charge is 0.503 e. The van der Waals surface area contributed by atoms with Crippen LogP contribution in [-0.4, -0.2) is 33.2 Å². The van der Waals surface area contributed by atoms with Crippen LogP contribution in [0, 0.1) is 6.92 Å². The number of benzene rings is 3. The van der Waals surface area contributed by atoms with E-state index in [4.69, 9.17) is 0 Å². The zero-order chi connectivity index (χ0) is 24.5. The van der Waals surface area contributed by atoms with Gasteiger partial charge in [0.25, 0.3) is 5.91 Å². The second-order valence-corrected chi connectivity index (χ2v) is 9.71. The molecule has 1 aliphatic rings. The van der Waals surface area contributed by atoms with Gasteiger partial charge in [0.2, 0.25) is 5.78 Å². The number of aryl methyl sites for hydroxylation is 1. The van der Waals surface area contributed by atoms with Crippen molar-refractivity contribution in [3.8, 4) is 10.6 Å². The summed E-state index contributed by atoms with van der Waals surface area (Å²) in [6.07, 6.45) is 1.67. The highest BCUT2D eigenvalue weighted by Crippen LogP contribution is 2.43. The number of aliphatic hydroxyl groups excluding tert-OH is 1. The highest BCUT2D eigenvalue weighted by molar-refractivity contribution is 7.17. The number of thiazole rings is 1. The fourth-order valence-corrected chi connectivity index (χ4v) is 5.72. The Morgan fingerprint density at radius 1 is 1.03 bits per heavy atom. The molecule has 0 fully saturated rings. The molecule has 1 aliphatic heterocycles. The molecular weight excluding hydrogens is 456 g/mol. The smallest absolute Gasteiger partial charge is 0.290 e. The molecular formula is C29H26N2O3S. The van der Waals surface area contributed by atoms with Gasteiger partial charge in [-0.15, -0.1) is 11.3 Å². The minimum Gasteiger partial charge on any atom is -0.503 e. The van der Waals surface area contributed by atoms with Gasteiger partial charge in [0, 0.05) is 12.1 Å². The number of hydrogen-bond acceptors (Lipinski definition) is 5. The first-order valence-electron chi connectivity index (χ1n) is 11.8. The van der Waals surface area contributed by atoms with E-state index < -0.39 is 17.7 Å². The lowest BCUT2D eigenvalue weighted by molar-refractivity contribution is -0.129. The Bertz CT molecular complexity index is 1450. The lowest BCUT2D eigenvalue weighted by Gasteiger charge is -2.27. The van der Waals surface area contributed by atoms with Gasteiger partial charge in [-0.1, -0.05) is 86.1 Å². The average molecular weight is 483 g/mol. The molecule has 2 heterocycles. The van der Waals surface area contributed by atoms with Gasteiger partial charge in [0.05, 0.1) is 22.2 Å². The fraction of sp³-hybridized carbons (Fsp3) is 0.207. The molecule has 5 rings (SSSR count).